The van der Waals surface area contributed by atoms with Gasteiger partial charge >= 0.3 is 0 Å². The number of aromatic nitrogens is 5. The van der Waals surface area contributed by atoms with Crippen LogP contribution in [0.2, 0.25) is 0 Å². The zero-order chi connectivity index (χ0) is 23.5. The zero-order valence-electron chi connectivity index (χ0n) is 20.4. The molecule has 2 aromatic heterocycles. The Morgan fingerprint density at radius 2 is 2.03 bits per heavy atom. The van der Waals surface area contributed by atoms with Gasteiger partial charge in [0.05, 0.1) is 18.7 Å². The molecule has 1 aliphatic carbocycles. The molecule has 1 N–H and O–H groups in total. The van der Waals surface area contributed by atoms with E-state index in [-0.39, 0.29) is 17.7 Å². The first kappa shape index (κ1) is 23.2. The van der Waals surface area contributed by atoms with Crippen molar-refractivity contribution in [1.29, 1.82) is 0 Å². The Kier molecular flexibility index (Phi) is 7.06. The Balaban J connectivity index is 1.48. The van der Waals surface area contributed by atoms with Crippen LogP contribution in [0.15, 0.2) is 29.1 Å². The van der Waals surface area contributed by atoms with E-state index >= 15 is 0 Å². The summed E-state index contributed by atoms with van der Waals surface area (Å²) in [6.07, 6.45) is 8.93. The fourth-order valence-corrected chi connectivity index (χ4v) is 5.69. The molecular weight excluding hydrogens is 428 g/mol. The smallest absolute Gasteiger partial charge is 0.252 e. The molecule has 2 atom stereocenters. The molecule has 0 spiro atoms. The molecule has 8 nitrogen and oxygen atoms in total. The monoisotopic (exact) mass is 464 g/mol. The molecule has 1 saturated carbocycles. The Morgan fingerprint density at radius 1 is 1.18 bits per heavy atom. The van der Waals surface area contributed by atoms with Crippen molar-refractivity contribution in [2.45, 2.75) is 96.5 Å². The topological polar surface area (TPSA) is 88.9 Å². The van der Waals surface area contributed by atoms with Gasteiger partial charge in [-0.3, -0.25) is 9.69 Å². The molecule has 0 radical (unpaired) electrons. The maximum atomic E-state index is 13.1. The lowest BCUT2D eigenvalue weighted by Gasteiger charge is -2.35. The number of hydrogen-bond acceptors (Lipinski definition) is 6. The number of pyridine rings is 1. The van der Waals surface area contributed by atoms with Crippen molar-refractivity contribution >= 4 is 10.9 Å². The van der Waals surface area contributed by atoms with Crippen molar-refractivity contribution in [2.75, 3.05) is 6.61 Å². The van der Waals surface area contributed by atoms with E-state index in [2.05, 4.69) is 57.5 Å². The number of aryl methyl sites for hydroxylation is 1. The normalized spacial score (nSPS) is 20.0. The number of tetrazole rings is 1. The van der Waals surface area contributed by atoms with Crippen molar-refractivity contribution in [3.8, 4) is 0 Å². The third-order valence-electron chi connectivity index (χ3n) is 7.59. The van der Waals surface area contributed by atoms with Crippen LogP contribution >= 0.6 is 0 Å². The molecule has 2 unspecified atom stereocenters. The van der Waals surface area contributed by atoms with E-state index in [4.69, 9.17) is 4.74 Å². The fraction of sp³-hybridized carbons (Fsp3) is 0.615. The molecule has 3 heterocycles. The summed E-state index contributed by atoms with van der Waals surface area (Å²) in [7, 11) is 0. The number of nitrogens with zero attached hydrogens (tertiary/aromatic N) is 5. The quantitative estimate of drug-likeness (QED) is 0.512. The van der Waals surface area contributed by atoms with Gasteiger partial charge in [0.2, 0.25) is 0 Å². The van der Waals surface area contributed by atoms with Crippen LogP contribution in [-0.2, 0) is 24.2 Å². The summed E-state index contributed by atoms with van der Waals surface area (Å²) in [6.45, 7) is 6.45. The summed E-state index contributed by atoms with van der Waals surface area (Å²) in [5.41, 5.74) is 2.97. The molecule has 2 fully saturated rings. The Bertz CT molecular complexity index is 1160. The Hall–Kier alpha value is -2.58. The summed E-state index contributed by atoms with van der Waals surface area (Å²) in [5.74, 6) is 0.885. The average Bonchev–Trinajstić information content (AvgIpc) is 3.63. The highest BCUT2D eigenvalue weighted by Crippen LogP contribution is 2.34. The standard InChI is InChI=1S/C26H36N6O2/c1-3-18-11-12-23-19(14-18)15-20(26(33)27-23)16-31(21-8-5-6-9-21)24(4-2)25-28-29-30-32(25)17-22-10-7-13-34-22/h11-12,14-15,21-22,24H,3-10,13,16-17H2,1-2H3,(H,27,33). The van der Waals surface area contributed by atoms with Gasteiger partial charge in [-0.15, -0.1) is 5.10 Å². The number of benzene rings is 1. The van der Waals surface area contributed by atoms with E-state index in [1.807, 2.05) is 10.7 Å². The molecule has 3 aromatic rings. The van der Waals surface area contributed by atoms with Gasteiger partial charge in [-0.1, -0.05) is 32.8 Å². The van der Waals surface area contributed by atoms with Gasteiger partial charge in [0, 0.05) is 30.3 Å². The van der Waals surface area contributed by atoms with Gasteiger partial charge in [0.15, 0.2) is 5.82 Å². The third kappa shape index (κ3) is 4.79. The van der Waals surface area contributed by atoms with E-state index in [1.165, 1.54) is 18.4 Å². The van der Waals surface area contributed by atoms with E-state index < -0.39 is 0 Å². The van der Waals surface area contributed by atoms with E-state index in [0.29, 0.717) is 19.1 Å². The van der Waals surface area contributed by atoms with Gasteiger partial charge in [-0.2, -0.15) is 0 Å². The van der Waals surface area contributed by atoms with Gasteiger partial charge in [0.25, 0.3) is 5.56 Å². The van der Waals surface area contributed by atoms with Gasteiger partial charge in [0.1, 0.15) is 0 Å². The maximum Gasteiger partial charge on any atom is 0.252 e. The first-order valence-corrected chi connectivity index (χ1v) is 12.9. The van der Waals surface area contributed by atoms with Crippen molar-refractivity contribution < 1.29 is 4.74 Å². The molecule has 2 aliphatic rings. The minimum atomic E-state index is -0.00598. The minimum Gasteiger partial charge on any atom is -0.376 e. The predicted octanol–water partition coefficient (Wildman–Crippen LogP) is 4.15. The Labute approximate surface area is 200 Å². The molecule has 0 bridgehead atoms. The fourth-order valence-electron chi connectivity index (χ4n) is 5.69. The zero-order valence-corrected chi connectivity index (χ0v) is 20.4. The summed E-state index contributed by atoms with van der Waals surface area (Å²) < 4.78 is 7.79. The van der Waals surface area contributed by atoms with Crippen LogP contribution in [0, 0.1) is 0 Å². The first-order valence-electron chi connectivity index (χ1n) is 12.9. The molecule has 5 rings (SSSR count). The number of rotatable bonds is 9. The highest BCUT2D eigenvalue weighted by atomic mass is 16.5. The molecule has 1 aromatic carbocycles. The van der Waals surface area contributed by atoms with Crippen LogP contribution in [0.25, 0.3) is 10.9 Å². The SMILES string of the molecule is CCc1ccc2[nH]c(=O)c(CN(C3CCCC3)C(CC)c3nnnn3CC3CCCO3)cc2c1. The van der Waals surface area contributed by atoms with Crippen LogP contribution in [0.4, 0.5) is 0 Å². The van der Waals surface area contributed by atoms with Crippen molar-refractivity contribution in [1.82, 2.24) is 30.1 Å². The largest absolute Gasteiger partial charge is 0.376 e. The van der Waals surface area contributed by atoms with Crippen LogP contribution in [0.1, 0.15) is 81.8 Å². The molecule has 34 heavy (non-hydrogen) atoms. The van der Waals surface area contributed by atoms with Crippen LogP contribution in [-0.4, -0.2) is 48.8 Å². The lowest BCUT2D eigenvalue weighted by Crippen LogP contribution is -2.39. The lowest BCUT2D eigenvalue weighted by atomic mass is 10.0. The second-order valence-electron chi connectivity index (χ2n) is 9.79. The van der Waals surface area contributed by atoms with E-state index in [1.54, 1.807) is 0 Å². The van der Waals surface area contributed by atoms with Crippen molar-refractivity contribution in [3.63, 3.8) is 0 Å². The van der Waals surface area contributed by atoms with Crippen molar-refractivity contribution in [3.05, 3.63) is 51.6 Å². The number of hydrogen-bond donors (Lipinski definition) is 1. The lowest BCUT2D eigenvalue weighted by molar-refractivity contribution is 0.0839. The highest BCUT2D eigenvalue weighted by Gasteiger charge is 2.33. The molecule has 182 valence electrons. The number of aromatic amines is 1. The second-order valence-corrected chi connectivity index (χ2v) is 9.79. The summed E-state index contributed by atoms with van der Waals surface area (Å²) in [6, 6.07) is 8.85. The third-order valence-corrected chi connectivity index (χ3v) is 7.59. The van der Waals surface area contributed by atoms with Crippen LogP contribution in [0.3, 0.4) is 0 Å². The number of fused-ring (bicyclic) bond motifs is 1. The summed E-state index contributed by atoms with van der Waals surface area (Å²) in [4.78, 5) is 18.7. The summed E-state index contributed by atoms with van der Waals surface area (Å²) >= 11 is 0. The maximum absolute atomic E-state index is 13.1. The highest BCUT2D eigenvalue weighted by molar-refractivity contribution is 5.79. The number of nitrogens with one attached hydrogen (secondary N) is 1. The second kappa shape index (κ2) is 10.4. The first-order chi connectivity index (χ1) is 16.7. The van der Waals surface area contributed by atoms with Gasteiger partial charge < -0.3 is 9.72 Å². The van der Waals surface area contributed by atoms with Crippen LogP contribution < -0.4 is 5.56 Å². The molecular formula is C26H36N6O2. The molecule has 0 amide bonds. The van der Waals surface area contributed by atoms with Crippen molar-refractivity contribution in [2.24, 2.45) is 0 Å². The van der Waals surface area contributed by atoms with E-state index in [0.717, 1.165) is 67.4 Å². The minimum absolute atomic E-state index is 0.00598. The van der Waals surface area contributed by atoms with Gasteiger partial charge in [-0.25, -0.2) is 4.68 Å². The number of ether oxygens (including phenoxy) is 1. The average molecular weight is 465 g/mol. The number of H-pyrrole nitrogens is 1. The van der Waals surface area contributed by atoms with Crippen LogP contribution in [0.5, 0.6) is 0 Å². The Morgan fingerprint density at radius 3 is 2.76 bits per heavy atom. The molecule has 1 aliphatic heterocycles. The predicted molar refractivity (Wildman–Crippen MR) is 132 cm³/mol. The van der Waals surface area contributed by atoms with E-state index in [9.17, 15) is 4.79 Å². The molecule has 1 saturated heterocycles. The summed E-state index contributed by atoms with van der Waals surface area (Å²) in [5, 5.41) is 13.9. The van der Waals surface area contributed by atoms with Gasteiger partial charge in [-0.05, 0) is 78.1 Å². The molecule has 8 heteroatoms.